The Bertz CT molecular complexity index is 561. The SMILES string of the molecule is CC(CCC(=O)O)CNC(=O)c1ccc(F)c([N+](=O)[O-])c1. The number of carboxylic acid groups (broad SMARTS) is 1. The Kier molecular flexibility index (Phi) is 5.77. The molecule has 0 fully saturated rings. The predicted molar refractivity (Wildman–Crippen MR) is 71.4 cm³/mol. The van der Waals surface area contributed by atoms with Crippen molar-refractivity contribution < 1.29 is 24.0 Å². The molecule has 0 heterocycles. The van der Waals surface area contributed by atoms with Crippen LogP contribution in [0, 0.1) is 21.8 Å². The van der Waals surface area contributed by atoms with Gasteiger partial charge in [0.05, 0.1) is 4.92 Å². The van der Waals surface area contributed by atoms with Crippen molar-refractivity contribution in [3.05, 3.63) is 39.7 Å². The van der Waals surface area contributed by atoms with Gasteiger partial charge in [-0.25, -0.2) is 0 Å². The van der Waals surface area contributed by atoms with Crippen LogP contribution in [-0.4, -0.2) is 28.5 Å². The van der Waals surface area contributed by atoms with Crippen LogP contribution in [0.5, 0.6) is 0 Å². The maximum absolute atomic E-state index is 13.1. The number of nitrogens with zero attached hydrogens (tertiary/aromatic N) is 1. The smallest absolute Gasteiger partial charge is 0.305 e. The number of rotatable bonds is 7. The van der Waals surface area contributed by atoms with Crippen molar-refractivity contribution in [1.29, 1.82) is 0 Å². The van der Waals surface area contributed by atoms with Gasteiger partial charge in [0.15, 0.2) is 0 Å². The summed E-state index contributed by atoms with van der Waals surface area (Å²) in [6, 6.07) is 2.88. The van der Waals surface area contributed by atoms with Crippen molar-refractivity contribution in [1.82, 2.24) is 5.32 Å². The number of nitro benzene ring substituents is 1. The number of amides is 1. The Labute approximate surface area is 119 Å². The van der Waals surface area contributed by atoms with Gasteiger partial charge in [-0.2, -0.15) is 4.39 Å². The zero-order valence-electron chi connectivity index (χ0n) is 11.3. The molecule has 0 spiro atoms. The zero-order valence-corrected chi connectivity index (χ0v) is 11.3. The van der Waals surface area contributed by atoms with Gasteiger partial charge < -0.3 is 10.4 Å². The van der Waals surface area contributed by atoms with Crippen LogP contribution < -0.4 is 5.32 Å². The van der Waals surface area contributed by atoms with Crippen molar-refractivity contribution in [2.45, 2.75) is 19.8 Å². The Morgan fingerprint density at radius 3 is 2.71 bits per heavy atom. The number of aliphatic carboxylic acids is 1. The first-order chi connectivity index (χ1) is 9.81. The molecular formula is C13H15FN2O5. The molecular weight excluding hydrogens is 283 g/mol. The molecule has 8 heteroatoms. The van der Waals surface area contributed by atoms with E-state index in [2.05, 4.69) is 5.32 Å². The summed E-state index contributed by atoms with van der Waals surface area (Å²) in [7, 11) is 0. The third-order valence-corrected chi connectivity index (χ3v) is 2.87. The van der Waals surface area contributed by atoms with Gasteiger partial charge in [-0.05, 0) is 24.5 Å². The summed E-state index contributed by atoms with van der Waals surface area (Å²) in [6.45, 7) is 2.01. The van der Waals surface area contributed by atoms with E-state index in [4.69, 9.17) is 5.11 Å². The van der Waals surface area contributed by atoms with Crippen molar-refractivity contribution in [3.8, 4) is 0 Å². The number of hydrogen-bond donors (Lipinski definition) is 2. The number of nitro groups is 1. The van der Waals surface area contributed by atoms with E-state index in [-0.39, 0.29) is 24.4 Å². The first-order valence-electron chi connectivity index (χ1n) is 6.25. The molecule has 0 aliphatic carbocycles. The average molecular weight is 298 g/mol. The maximum atomic E-state index is 13.1. The summed E-state index contributed by atoms with van der Waals surface area (Å²) >= 11 is 0. The molecule has 0 saturated carbocycles. The van der Waals surface area contributed by atoms with Crippen molar-refractivity contribution >= 4 is 17.6 Å². The van der Waals surface area contributed by atoms with E-state index in [9.17, 15) is 24.1 Å². The molecule has 1 rings (SSSR count). The minimum Gasteiger partial charge on any atom is -0.481 e. The minimum absolute atomic E-state index is 0.000935. The number of nitrogens with one attached hydrogen (secondary N) is 1. The van der Waals surface area contributed by atoms with E-state index >= 15 is 0 Å². The summed E-state index contributed by atoms with van der Waals surface area (Å²) in [5, 5.41) is 21.7. The molecule has 1 atom stereocenters. The third kappa shape index (κ3) is 5.17. The molecule has 0 aliphatic heterocycles. The van der Waals surface area contributed by atoms with Crippen molar-refractivity contribution in [2.24, 2.45) is 5.92 Å². The van der Waals surface area contributed by atoms with Gasteiger partial charge in [0.25, 0.3) is 5.91 Å². The lowest BCUT2D eigenvalue weighted by molar-refractivity contribution is -0.387. The highest BCUT2D eigenvalue weighted by Crippen LogP contribution is 2.18. The lowest BCUT2D eigenvalue weighted by atomic mass is 10.1. The standard InChI is InChI=1S/C13H15FN2O5/c1-8(2-5-12(17)18)7-15-13(19)9-3-4-10(14)11(6-9)16(20)21/h3-4,6,8H,2,5,7H2,1H3,(H,15,19)(H,17,18). The molecule has 1 aromatic rings. The lowest BCUT2D eigenvalue weighted by Gasteiger charge is -2.11. The summed E-state index contributed by atoms with van der Waals surface area (Å²) < 4.78 is 13.1. The van der Waals surface area contributed by atoms with Gasteiger partial charge in [-0.1, -0.05) is 6.92 Å². The second kappa shape index (κ2) is 7.32. The highest BCUT2D eigenvalue weighted by molar-refractivity contribution is 5.94. The zero-order chi connectivity index (χ0) is 16.0. The highest BCUT2D eigenvalue weighted by Gasteiger charge is 2.17. The second-order valence-electron chi connectivity index (χ2n) is 4.67. The minimum atomic E-state index is -1.01. The van der Waals surface area contributed by atoms with Gasteiger partial charge in [0, 0.05) is 24.6 Å². The van der Waals surface area contributed by atoms with E-state index < -0.39 is 28.3 Å². The molecule has 0 aliphatic rings. The molecule has 0 saturated heterocycles. The summed E-state index contributed by atoms with van der Waals surface area (Å²) in [6.07, 6.45) is 0.401. The quantitative estimate of drug-likeness (QED) is 0.590. The molecule has 2 N–H and O–H groups in total. The van der Waals surface area contributed by atoms with Crippen LogP contribution in [0.1, 0.15) is 30.1 Å². The molecule has 21 heavy (non-hydrogen) atoms. The maximum Gasteiger partial charge on any atom is 0.305 e. The average Bonchev–Trinajstić information content (AvgIpc) is 2.42. The fraction of sp³-hybridized carbons (Fsp3) is 0.385. The van der Waals surface area contributed by atoms with E-state index in [0.29, 0.717) is 6.42 Å². The van der Waals surface area contributed by atoms with Gasteiger partial charge in [0.1, 0.15) is 0 Å². The molecule has 1 amide bonds. The fourth-order valence-electron chi connectivity index (χ4n) is 1.63. The van der Waals surface area contributed by atoms with E-state index in [1.165, 1.54) is 0 Å². The fourth-order valence-corrected chi connectivity index (χ4v) is 1.63. The third-order valence-electron chi connectivity index (χ3n) is 2.87. The topological polar surface area (TPSA) is 110 Å². The number of carboxylic acids is 1. The van der Waals surface area contributed by atoms with Crippen LogP contribution in [0.3, 0.4) is 0 Å². The van der Waals surface area contributed by atoms with Gasteiger partial charge in [-0.15, -0.1) is 0 Å². The normalized spacial score (nSPS) is 11.7. The summed E-state index contributed by atoms with van der Waals surface area (Å²) in [5.74, 6) is -2.55. The summed E-state index contributed by atoms with van der Waals surface area (Å²) in [4.78, 5) is 31.9. The van der Waals surface area contributed by atoms with Crippen LogP contribution in [0.15, 0.2) is 18.2 Å². The highest BCUT2D eigenvalue weighted by atomic mass is 19.1. The molecule has 0 aromatic heterocycles. The number of carbonyl (C=O) groups excluding carboxylic acids is 1. The Balaban J connectivity index is 2.62. The first kappa shape index (κ1) is 16.5. The van der Waals surface area contributed by atoms with Crippen LogP contribution in [0.2, 0.25) is 0 Å². The largest absolute Gasteiger partial charge is 0.481 e. The Hall–Kier alpha value is -2.51. The number of carbonyl (C=O) groups is 2. The Morgan fingerprint density at radius 1 is 1.48 bits per heavy atom. The molecule has 0 bridgehead atoms. The van der Waals surface area contributed by atoms with Crippen LogP contribution >= 0.6 is 0 Å². The van der Waals surface area contributed by atoms with Crippen molar-refractivity contribution in [3.63, 3.8) is 0 Å². The van der Waals surface area contributed by atoms with Gasteiger partial charge >= 0.3 is 11.7 Å². The van der Waals surface area contributed by atoms with Crippen LogP contribution in [0.4, 0.5) is 10.1 Å². The van der Waals surface area contributed by atoms with Gasteiger partial charge in [0.2, 0.25) is 5.82 Å². The van der Waals surface area contributed by atoms with Crippen LogP contribution in [0.25, 0.3) is 0 Å². The number of benzene rings is 1. The number of halogens is 1. The lowest BCUT2D eigenvalue weighted by Crippen LogP contribution is -2.28. The van der Waals surface area contributed by atoms with Crippen molar-refractivity contribution in [2.75, 3.05) is 6.54 Å². The van der Waals surface area contributed by atoms with Gasteiger partial charge in [-0.3, -0.25) is 19.7 Å². The van der Waals surface area contributed by atoms with Crippen LogP contribution in [-0.2, 0) is 4.79 Å². The monoisotopic (exact) mass is 298 g/mol. The number of hydrogen-bond acceptors (Lipinski definition) is 4. The first-order valence-corrected chi connectivity index (χ1v) is 6.25. The van der Waals surface area contributed by atoms with E-state index in [1.54, 1.807) is 6.92 Å². The molecule has 1 unspecified atom stereocenters. The molecule has 0 radical (unpaired) electrons. The Morgan fingerprint density at radius 2 is 2.14 bits per heavy atom. The van der Waals surface area contributed by atoms with E-state index in [1.807, 2.05) is 0 Å². The second-order valence-corrected chi connectivity index (χ2v) is 4.67. The van der Waals surface area contributed by atoms with E-state index in [0.717, 1.165) is 18.2 Å². The summed E-state index contributed by atoms with van der Waals surface area (Å²) in [5.41, 5.74) is -0.782. The molecule has 114 valence electrons. The predicted octanol–water partition coefficient (Wildman–Crippen LogP) is 1.96. The molecule has 1 aromatic carbocycles. The molecule has 7 nitrogen and oxygen atoms in total.